The molecule has 0 bridgehead atoms. The van der Waals surface area contributed by atoms with Crippen molar-refractivity contribution in [3.05, 3.63) is 11.6 Å². The van der Waals surface area contributed by atoms with Crippen molar-refractivity contribution in [2.75, 3.05) is 5.73 Å². The predicted molar refractivity (Wildman–Crippen MR) is 75.2 cm³/mol. The zero-order valence-corrected chi connectivity index (χ0v) is 12.1. The highest BCUT2D eigenvalue weighted by Crippen LogP contribution is 2.14. The van der Waals surface area contributed by atoms with Crippen molar-refractivity contribution >= 4 is 28.6 Å². The number of nitrogens with one attached hydrogen (secondary N) is 1. The van der Waals surface area contributed by atoms with E-state index < -0.39 is 0 Å². The highest BCUT2D eigenvalue weighted by atomic mass is 35.5. The first-order valence-electron chi connectivity index (χ1n) is 5.89. The van der Waals surface area contributed by atoms with Crippen LogP contribution < -0.4 is 5.73 Å². The van der Waals surface area contributed by atoms with Gasteiger partial charge in [-0.25, -0.2) is 4.98 Å². The number of aromatic nitrogens is 4. The van der Waals surface area contributed by atoms with Crippen LogP contribution >= 0.6 is 11.6 Å². The second kappa shape index (κ2) is 11.1. The van der Waals surface area contributed by atoms with Gasteiger partial charge in [-0.1, -0.05) is 41.5 Å². The van der Waals surface area contributed by atoms with Gasteiger partial charge in [0.2, 0.25) is 5.28 Å². The first-order chi connectivity index (χ1) is 8.27. The quantitative estimate of drug-likeness (QED) is 0.708. The average Bonchev–Trinajstić information content (AvgIpc) is 2.85. The lowest BCUT2D eigenvalue weighted by Crippen LogP contribution is -1.93. The Balaban J connectivity index is 0. The minimum Gasteiger partial charge on any atom is -0.382 e. The maximum absolute atomic E-state index is 5.52. The smallest absolute Gasteiger partial charge is 0.226 e. The Labute approximate surface area is 108 Å². The molecular formula is C11H22ClN5. The minimum absolute atomic E-state index is 0.113. The van der Waals surface area contributed by atoms with Gasteiger partial charge in [0.05, 0.1) is 6.33 Å². The third kappa shape index (κ3) is 5.49. The van der Waals surface area contributed by atoms with Crippen molar-refractivity contribution in [3.8, 4) is 0 Å². The second-order valence-electron chi connectivity index (χ2n) is 1.98. The Morgan fingerprint density at radius 3 is 2.12 bits per heavy atom. The van der Waals surface area contributed by atoms with E-state index in [9.17, 15) is 0 Å². The Bertz CT molecular complexity index is 400. The second-order valence-corrected chi connectivity index (χ2v) is 2.32. The van der Waals surface area contributed by atoms with Crippen LogP contribution in [0, 0.1) is 0 Å². The maximum Gasteiger partial charge on any atom is 0.226 e. The van der Waals surface area contributed by atoms with Gasteiger partial charge < -0.3 is 10.7 Å². The van der Waals surface area contributed by atoms with Gasteiger partial charge in [-0.15, -0.1) is 0 Å². The summed E-state index contributed by atoms with van der Waals surface area (Å²) in [5, 5.41) is 0.113. The molecule has 2 aromatic rings. The van der Waals surface area contributed by atoms with Crippen LogP contribution in [0.2, 0.25) is 5.28 Å². The van der Waals surface area contributed by atoms with E-state index in [4.69, 9.17) is 17.3 Å². The minimum atomic E-state index is 0.113. The number of nitrogens with two attached hydrogens (primary N) is 1. The van der Waals surface area contributed by atoms with E-state index in [1.165, 1.54) is 6.33 Å². The molecule has 0 amide bonds. The Kier molecular flexibility index (Phi) is 11.8. The molecule has 0 aliphatic rings. The van der Waals surface area contributed by atoms with E-state index in [0.29, 0.717) is 17.0 Å². The Hall–Kier alpha value is -1.36. The van der Waals surface area contributed by atoms with Gasteiger partial charge in [0.25, 0.3) is 0 Å². The van der Waals surface area contributed by atoms with E-state index in [-0.39, 0.29) is 5.28 Å². The van der Waals surface area contributed by atoms with Gasteiger partial charge in [0, 0.05) is 0 Å². The zero-order chi connectivity index (χ0) is 13.8. The zero-order valence-electron chi connectivity index (χ0n) is 11.4. The Morgan fingerprint density at radius 2 is 1.59 bits per heavy atom. The number of aromatic amines is 1. The molecule has 0 atom stereocenters. The van der Waals surface area contributed by atoms with Crippen LogP contribution in [-0.2, 0) is 0 Å². The van der Waals surface area contributed by atoms with Crippen LogP contribution in [0.15, 0.2) is 6.33 Å². The summed E-state index contributed by atoms with van der Waals surface area (Å²) in [5.74, 6) is 0.317. The van der Waals surface area contributed by atoms with Crippen molar-refractivity contribution in [1.29, 1.82) is 0 Å². The molecule has 2 aromatic heterocycles. The predicted octanol–water partition coefficient (Wildman–Crippen LogP) is 3.67. The number of rotatable bonds is 0. The van der Waals surface area contributed by atoms with Gasteiger partial charge in [-0.05, 0) is 11.6 Å². The first kappa shape index (κ1) is 18.0. The molecule has 0 radical (unpaired) electrons. The van der Waals surface area contributed by atoms with Gasteiger partial charge in [-0.2, -0.15) is 9.97 Å². The van der Waals surface area contributed by atoms with Crippen molar-refractivity contribution in [3.63, 3.8) is 0 Å². The number of nitrogens with zero attached hydrogens (tertiary/aromatic N) is 3. The normalized spacial score (nSPS) is 7.94. The fraction of sp³-hybridized carbons (Fsp3) is 0.545. The molecule has 17 heavy (non-hydrogen) atoms. The first-order valence-corrected chi connectivity index (χ1v) is 6.27. The third-order valence-corrected chi connectivity index (χ3v) is 1.46. The number of imidazole rings is 1. The van der Waals surface area contributed by atoms with Crippen molar-refractivity contribution < 1.29 is 0 Å². The van der Waals surface area contributed by atoms with Crippen LogP contribution in [0.4, 0.5) is 5.82 Å². The average molecular weight is 260 g/mol. The third-order valence-electron chi connectivity index (χ3n) is 1.29. The van der Waals surface area contributed by atoms with Crippen molar-refractivity contribution in [2.24, 2.45) is 0 Å². The molecule has 5 nitrogen and oxygen atoms in total. The largest absolute Gasteiger partial charge is 0.382 e. The summed E-state index contributed by atoms with van der Waals surface area (Å²) >= 11 is 5.52. The van der Waals surface area contributed by atoms with Gasteiger partial charge >= 0.3 is 0 Å². The molecule has 0 spiro atoms. The monoisotopic (exact) mass is 259 g/mol. The lowest BCUT2D eigenvalue weighted by Gasteiger charge is -1.92. The van der Waals surface area contributed by atoms with E-state index in [1.54, 1.807) is 0 Å². The van der Waals surface area contributed by atoms with Crippen LogP contribution in [0.1, 0.15) is 41.5 Å². The highest BCUT2D eigenvalue weighted by molar-refractivity contribution is 6.28. The van der Waals surface area contributed by atoms with E-state index in [1.807, 2.05) is 41.5 Å². The summed E-state index contributed by atoms with van der Waals surface area (Å²) in [5.41, 5.74) is 6.60. The Morgan fingerprint density at radius 1 is 1.06 bits per heavy atom. The van der Waals surface area contributed by atoms with Crippen molar-refractivity contribution in [1.82, 2.24) is 19.9 Å². The number of fused-ring (bicyclic) bond motifs is 1. The number of nitrogen functional groups attached to an aromatic ring is 1. The molecule has 0 aromatic carbocycles. The number of H-pyrrole nitrogens is 1. The summed E-state index contributed by atoms with van der Waals surface area (Å²) in [6, 6.07) is 0. The molecule has 2 rings (SSSR count). The summed E-state index contributed by atoms with van der Waals surface area (Å²) in [4.78, 5) is 14.2. The van der Waals surface area contributed by atoms with Gasteiger partial charge in [0.1, 0.15) is 5.52 Å². The van der Waals surface area contributed by atoms with Gasteiger partial charge in [-0.3, -0.25) is 0 Å². The number of anilines is 1. The van der Waals surface area contributed by atoms with E-state index in [0.717, 1.165) is 0 Å². The lowest BCUT2D eigenvalue weighted by atomic mass is 10.5. The fourth-order valence-electron chi connectivity index (χ4n) is 0.828. The highest BCUT2D eigenvalue weighted by Gasteiger charge is 2.03. The van der Waals surface area contributed by atoms with Gasteiger partial charge in [0.15, 0.2) is 11.5 Å². The molecule has 0 aliphatic carbocycles. The molecule has 0 unspecified atom stereocenters. The topological polar surface area (TPSA) is 80.5 Å². The summed E-state index contributed by atoms with van der Waals surface area (Å²) < 4.78 is 0. The maximum atomic E-state index is 5.52. The van der Waals surface area contributed by atoms with Crippen LogP contribution in [0.5, 0.6) is 0 Å². The van der Waals surface area contributed by atoms with Crippen LogP contribution in [0.3, 0.4) is 0 Å². The summed E-state index contributed by atoms with van der Waals surface area (Å²) in [7, 11) is 0. The molecule has 2 heterocycles. The van der Waals surface area contributed by atoms with Crippen molar-refractivity contribution in [2.45, 2.75) is 41.5 Å². The molecule has 0 saturated heterocycles. The van der Waals surface area contributed by atoms with Crippen LogP contribution in [-0.4, -0.2) is 19.9 Å². The SMILES string of the molecule is CC.CC.CC.Nc1nc(Cl)nc2nc[nH]c12. The number of halogens is 1. The summed E-state index contributed by atoms with van der Waals surface area (Å²) in [6.07, 6.45) is 1.49. The molecule has 0 fully saturated rings. The molecule has 98 valence electrons. The molecular weight excluding hydrogens is 238 g/mol. The van der Waals surface area contributed by atoms with E-state index >= 15 is 0 Å². The number of hydrogen-bond acceptors (Lipinski definition) is 4. The molecule has 6 heteroatoms. The molecule has 0 aliphatic heterocycles. The molecule has 3 N–H and O–H groups in total. The fourth-order valence-corrected chi connectivity index (χ4v) is 0.999. The lowest BCUT2D eigenvalue weighted by molar-refractivity contribution is 1.21. The summed E-state index contributed by atoms with van der Waals surface area (Å²) in [6.45, 7) is 12.0. The standard InChI is InChI=1S/C5H4ClN5.3C2H6/c6-5-10-3(7)2-4(11-5)9-1-8-2;3*1-2/h1H,(H3,7,8,9,10,11);3*1-2H3. The van der Waals surface area contributed by atoms with Crippen LogP contribution in [0.25, 0.3) is 11.2 Å². The van der Waals surface area contributed by atoms with E-state index in [2.05, 4.69) is 19.9 Å². The number of hydrogen-bond donors (Lipinski definition) is 2. The molecule has 0 saturated carbocycles.